The van der Waals surface area contributed by atoms with Crippen molar-refractivity contribution in [1.82, 2.24) is 0 Å². The van der Waals surface area contributed by atoms with Gasteiger partial charge in [0.15, 0.2) is 0 Å². The summed E-state index contributed by atoms with van der Waals surface area (Å²) in [5.41, 5.74) is 2.82. The van der Waals surface area contributed by atoms with Crippen LogP contribution < -0.4 is 0 Å². The lowest BCUT2D eigenvalue weighted by atomic mass is 10.5. The fourth-order valence-electron chi connectivity index (χ4n) is 1.70. The minimum atomic E-state index is -0.836. The molecule has 0 aromatic rings. The van der Waals surface area contributed by atoms with E-state index in [4.69, 9.17) is 0 Å². The molecule has 0 spiro atoms. The highest BCUT2D eigenvalue weighted by atomic mass is 28.3. The minimum absolute atomic E-state index is 0.830. The van der Waals surface area contributed by atoms with E-state index < -0.39 is 16.1 Å². The summed E-state index contributed by atoms with van der Waals surface area (Å²) in [5.74, 6) is 0. The van der Waals surface area contributed by atoms with E-state index in [2.05, 4.69) is 45.4 Å². The summed E-state index contributed by atoms with van der Waals surface area (Å²) < 4.78 is 0. The van der Waals surface area contributed by atoms with Crippen molar-refractivity contribution in [3.05, 3.63) is 11.6 Å². The maximum atomic E-state index is 2.56. The van der Waals surface area contributed by atoms with Gasteiger partial charge in [-0.15, -0.1) is 0 Å². The second-order valence-corrected chi connectivity index (χ2v) is 17.6. The highest BCUT2D eigenvalue weighted by Gasteiger charge is 2.40. The molecule has 0 aromatic carbocycles. The van der Waals surface area contributed by atoms with E-state index >= 15 is 0 Å². The summed E-state index contributed by atoms with van der Waals surface area (Å²) in [5, 5.41) is 0. The molecule has 0 radical (unpaired) electrons. The van der Waals surface area contributed by atoms with Crippen LogP contribution in [0.1, 0.15) is 6.42 Å². The van der Waals surface area contributed by atoms with Gasteiger partial charge in [0.1, 0.15) is 0 Å². The molecule has 76 valence electrons. The molecule has 1 saturated carbocycles. The molecule has 13 heavy (non-hydrogen) atoms. The third-order valence-corrected chi connectivity index (χ3v) is 6.84. The molecule has 0 unspecified atom stereocenters. The molecule has 0 aromatic heterocycles. The van der Waals surface area contributed by atoms with Crippen LogP contribution in [0.3, 0.4) is 0 Å². The van der Waals surface area contributed by atoms with Crippen LogP contribution in [0.2, 0.25) is 50.9 Å². The van der Waals surface area contributed by atoms with E-state index in [1.165, 1.54) is 12.5 Å². The van der Waals surface area contributed by atoms with Gasteiger partial charge in [0.05, 0.1) is 8.07 Å². The van der Waals surface area contributed by atoms with E-state index in [0.717, 1.165) is 5.54 Å². The van der Waals surface area contributed by atoms with Crippen molar-refractivity contribution in [3.63, 3.8) is 0 Å². The van der Waals surface area contributed by atoms with Gasteiger partial charge in [0.2, 0.25) is 0 Å². The summed E-state index contributed by atoms with van der Waals surface area (Å²) in [6.45, 7) is 14.8. The monoisotopic (exact) mass is 212 g/mol. The Kier molecular flexibility index (Phi) is 2.93. The lowest BCUT2D eigenvalue weighted by Gasteiger charge is -2.14. The molecular formula is C11H24Si2. The molecule has 1 aliphatic rings. The first-order chi connectivity index (χ1) is 5.70. The fourth-order valence-corrected chi connectivity index (χ4v) is 4.65. The first-order valence-corrected chi connectivity index (χ1v) is 12.7. The van der Waals surface area contributed by atoms with Crippen molar-refractivity contribution < 1.29 is 0 Å². The van der Waals surface area contributed by atoms with Crippen LogP contribution in [0.4, 0.5) is 0 Å². The molecule has 2 heteroatoms. The molecule has 1 rings (SSSR count). The van der Waals surface area contributed by atoms with Gasteiger partial charge >= 0.3 is 0 Å². The van der Waals surface area contributed by atoms with Gasteiger partial charge in [-0.3, -0.25) is 0 Å². The predicted molar refractivity (Wildman–Crippen MR) is 67.9 cm³/mol. The maximum absolute atomic E-state index is 2.56. The Balaban J connectivity index is 2.43. The summed E-state index contributed by atoms with van der Waals surface area (Å²) >= 11 is 0. The molecule has 0 saturated heterocycles. The van der Waals surface area contributed by atoms with E-state index in [1.54, 1.807) is 5.57 Å². The van der Waals surface area contributed by atoms with E-state index in [1.807, 2.05) is 0 Å². The third-order valence-electron chi connectivity index (χ3n) is 2.75. The smallest absolute Gasteiger partial charge is 0.0521 e. The number of allylic oxidation sites excluding steroid dienone is 2. The average Bonchev–Trinajstić information content (AvgIpc) is 2.57. The molecule has 1 atom stereocenters. The standard InChI is InChI=1S/C11H24Si2/c1-12(2,3)8-7-10-9-11(10)13(4,5)6/h7,11H,8-9H2,1-6H3/b10-7+/t11-/m0/s1. The third kappa shape index (κ3) is 3.82. The van der Waals surface area contributed by atoms with E-state index in [-0.39, 0.29) is 0 Å². The van der Waals surface area contributed by atoms with Crippen molar-refractivity contribution in [2.45, 2.75) is 57.3 Å². The normalized spacial score (nSPS) is 26.6. The Morgan fingerprint density at radius 1 is 1.15 bits per heavy atom. The highest BCUT2D eigenvalue weighted by Crippen LogP contribution is 2.51. The molecule has 0 heterocycles. The van der Waals surface area contributed by atoms with Gasteiger partial charge in [0.25, 0.3) is 0 Å². The van der Waals surface area contributed by atoms with Crippen LogP contribution in [-0.2, 0) is 0 Å². The van der Waals surface area contributed by atoms with Crippen LogP contribution in [0.5, 0.6) is 0 Å². The van der Waals surface area contributed by atoms with Crippen LogP contribution >= 0.6 is 0 Å². The van der Waals surface area contributed by atoms with Crippen LogP contribution in [0.25, 0.3) is 0 Å². The maximum Gasteiger partial charge on any atom is 0.0521 e. The zero-order valence-corrected chi connectivity index (χ0v) is 12.1. The SMILES string of the molecule is C[Si](C)(C)C/C=C1\C[C@@H]1[Si](C)(C)C. The van der Waals surface area contributed by atoms with Gasteiger partial charge in [-0.1, -0.05) is 50.9 Å². The second-order valence-electron chi connectivity index (χ2n) is 6.67. The van der Waals surface area contributed by atoms with Crippen LogP contribution in [-0.4, -0.2) is 16.1 Å². The zero-order valence-electron chi connectivity index (χ0n) is 10.1. The Labute approximate surface area is 85.5 Å². The molecule has 0 N–H and O–H groups in total. The predicted octanol–water partition coefficient (Wildman–Crippen LogP) is 4.36. The van der Waals surface area contributed by atoms with Gasteiger partial charge < -0.3 is 0 Å². The molecule has 1 aliphatic carbocycles. The first kappa shape index (κ1) is 11.2. The molecule has 0 aliphatic heterocycles. The molecule has 1 fully saturated rings. The van der Waals surface area contributed by atoms with Crippen molar-refractivity contribution in [3.8, 4) is 0 Å². The van der Waals surface area contributed by atoms with E-state index in [9.17, 15) is 0 Å². The lowest BCUT2D eigenvalue weighted by Crippen LogP contribution is -2.20. The zero-order chi connectivity index (χ0) is 10.3. The molecule has 0 bridgehead atoms. The number of hydrogen-bond acceptors (Lipinski definition) is 0. The first-order valence-electron chi connectivity index (χ1n) is 5.39. The van der Waals surface area contributed by atoms with Crippen molar-refractivity contribution in [2.75, 3.05) is 0 Å². The minimum Gasteiger partial charge on any atom is -0.0880 e. The van der Waals surface area contributed by atoms with Gasteiger partial charge in [-0.2, -0.15) is 0 Å². The van der Waals surface area contributed by atoms with Gasteiger partial charge in [-0.25, -0.2) is 0 Å². The highest BCUT2D eigenvalue weighted by molar-refractivity contribution is 6.79. The van der Waals surface area contributed by atoms with Crippen LogP contribution in [0.15, 0.2) is 11.6 Å². The Hall–Kier alpha value is 0.174. The summed E-state index contributed by atoms with van der Waals surface area (Å²) in [6, 6.07) is 1.39. The fraction of sp³-hybridized carbons (Fsp3) is 0.818. The molecule has 0 amide bonds. The lowest BCUT2D eigenvalue weighted by molar-refractivity contribution is 1.35. The summed E-state index contributed by atoms with van der Waals surface area (Å²) in [6.07, 6.45) is 4.00. The summed E-state index contributed by atoms with van der Waals surface area (Å²) in [4.78, 5) is 0. The van der Waals surface area contributed by atoms with Crippen molar-refractivity contribution in [1.29, 1.82) is 0 Å². The number of hydrogen-bond donors (Lipinski definition) is 0. The van der Waals surface area contributed by atoms with E-state index in [0.29, 0.717) is 0 Å². The molecule has 0 nitrogen and oxygen atoms in total. The quantitative estimate of drug-likeness (QED) is 0.481. The largest absolute Gasteiger partial charge is 0.0880 e. The topological polar surface area (TPSA) is 0 Å². The Bertz CT molecular complexity index is 215. The Morgan fingerprint density at radius 3 is 2.00 bits per heavy atom. The van der Waals surface area contributed by atoms with Gasteiger partial charge in [0, 0.05) is 8.07 Å². The second kappa shape index (κ2) is 3.39. The molecular weight excluding hydrogens is 188 g/mol. The van der Waals surface area contributed by atoms with Crippen molar-refractivity contribution >= 4 is 16.1 Å². The van der Waals surface area contributed by atoms with Crippen molar-refractivity contribution in [2.24, 2.45) is 0 Å². The Morgan fingerprint density at radius 2 is 1.69 bits per heavy atom. The van der Waals surface area contributed by atoms with Crippen LogP contribution in [0, 0.1) is 0 Å². The van der Waals surface area contributed by atoms with Gasteiger partial charge in [-0.05, 0) is 18.0 Å². The number of rotatable bonds is 3. The average molecular weight is 212 g/mol. The summed E-state index contributed by atoms with van der Waals surface area (Å²) in [7, 11) is -1.67.